The van der Waals surface area contributed by atoms with Crippen LogP contribution in [0.3, 0.4) is 0 Å². The van der Waals surface area contributed by atoms with E-state index in [0.717, 1.165) is 0 Å². The molecule has 0 bridgehead atoms. The molecule has 1 saturated heterocycles. The van der Waals surface area contributed by atoms with Crippen molar-refractivity contribution in [3.05, 3.63) is 58.9 Å². The third-order valence-corrected chi connectivity index (χ3v) is 6.40. The van der Waals surface area contributed by atoms with Crippen LogP contribution in [0.1, 0.15) is 5.56 Å². The Kier molecular flexibility index (Phi) is 5.82. The molecule has 0 atom stereocenters. The van der Waals surface area contributed by atoms with E-state index >= 15 is 0 Å². The molecule has 1 heterocycles. The number of halogens is 2. The van der Waals surface area contributed by atoms with Crippen LogP contribution < -0.4 is 9.62 Å². The lowest BCUT2D eigenvalue weighted by molar-refractivity contribution is 0.246. The van der Waals surface area contributed by atoms with E-state index in [1.165, 1.54) is 13.1 Å². The third-order valence-electron chi connectivity index (χ3n) is 4.58. The van der Waals surface area contributed by atoms with Crippen LogP contribution in [0, 0.1) is 5.82 Å². The minimum Gasteiger partial charge on any atom is -0.368 e. The first-order valence-corrected chi connectivity index (χ1v) is 10.2. The maximum atomic E-state index is 14.0. The highest BCUT2D eigenvalue weighted by molar-refractivity contribution is 7.89. The van der Waals surface area contributed by atoms with E-state index in [4.69, 9.17) is 11.6 Å². The number of benzene rings is 2. The molecule has 140 valence electrons. The summed E-state index contributed by atoms with van der Waals surface area (Å²) in [6.07, 6.45) is 0. The fourth-order valence-corrected chi connectivity index (χ4v) is 4.28. The fraction of sp³-hybridized carbons (Fsp3) is 0.333. The highest BCUT2D eigenvalue weighted by Gasteiger charge is 2.24. The van der Waals surface area contributed by atoms with Gasteiger partial charge in [0.25, 0.3) is 0 Å². The normalized spacial score (nSPS) is 16.0. The zero-order valence-electron chi connectivity index (χ0n) is 14.5. The minimum atomic E-state index is -3.52. The number of piperazine rings is 1. The molecule has 1 aliphatic heterocycles. The standard InChI is InChI=1S/C18H21ClFN3O2S/c1-21-26(24,25)18-8-3-2-7-17(18)23-11-9-22(10-12-23)13-14-15(19)5-4-6-16(14)20/h2-8,21H,9-13H2,1H3. The number of nitrogens with one attached hydrogen (secondary N) is 1. The monoisotopic (exact) mass is 397 g/mol. The van der Waals surface area contributed by atoms with E-state index in [9.17, 15) is 12.8 Å². The average Bonchev–Trinajstić information content (AvgIpc) is 2.65. The lowest BCUT2D eigenvalue weighted by Gasteiger charge is -2.37. The predicted molar refractivity (Wildman–Crippen MR) is 102 cm³/mol. The van der Waals surface area contributed by atoms with Crippen LogP contribution in [0.25, 0.3) is 0 Å². The van der Waals surface area contributed by atoms with Gasteiger partial charge in [-0.05, 0) is 31.3 Å². The summed E-state index contributed by atoms with van der Waals surface area (Å²) in [5.74, 6) is -0.301. The van der Waals surface area contributed by atoms with E-state index in [2.05, 4.69) is 9.62 Å². The van der Waals surface area contributed by atoms with Crippen LogP contribution in [0.2, 0.25) is 5.02 Å². The van der Waals surface area contributed by atoms with E-state index in [1.807, 2.05) is 17.0 Å². The van der Waals surface area contributed by atoms with E-state index < -0.39 is 10.0 Å². The minimum absolute atomic E-state index is 0.271. The molecule has 1 N–H and O–H groups in total. The number of sulfonamides is 1. The summed E-state index contributed by atoms with van der Waals surface area (Å²) >= 11 is 6.11. The molecule has 1 aliphatic rings. The van der Waals surface area contributed by atoms with Crippen LogP contribution in [0.5, 0.6) is 0 Å². The number of hydrogen-bond donors (Lipinski definition) is 1. The van der Waals surface area contributed by atoms with Crippen molar-refractivity contribution in [3.63, 3.8) is 0 Å². The fourth-order valence-electron chi connectivity index (χ4n) is 3.11. The zero-order chi connectivity index (χ0) is 18.7. The molecule has 3 rings (SSSR count). The van der Waals surface area contributed by atoms with E-state index in [1.54, 1.807) is 24.3 Å². The summed E-state index contributed by atoms with van der Waals surface area (Å²) in [7, 11) is -2.12. The summed E-state index contributed by atoms with van der Waals surface area (Å²) in [6, 6.07) is 11.7. The van der Waals surface area contributed by atoms with Gasteiger partial charge < -0.3 is 4.90 Å². The first kappa shape index (κ1) is 19.1. The Morgan fingerprint density at radius 2 is 1.77 bits per heavy atom. The Morgan fingerprint density at radius 1 is 1.08 bits per heavy atom. The van der Waals surface area contributed by atoms with Crippen molar-refractivity contribution in [2.75, 3.05) is 38.1 Å². The number of para-hydroxylation sites is 1. The highest BCUT2D eigenvalue weighted by Crippen LogP contribution is 2.27. The molecule has 2 aromatic carbocycles. The molecule has 1 fully saturated rings. The van der Waals surface area contributed by atoms with Gasteiger partial charge in [-0.15, -0.1) is 0 Å². The van der Waals surface area contributed by atoms with Crippen molar-refractivity contribution in [2.45, 2.75) is 11.4 Å². The molecule has 8 heteroatoms. The largest absolute Gasteiger partial charge is 0.368 e. The van der Waals surface area contributed by atoms with Gasteiger partial charge >= 0.3 is 0 Å². The van der Waals surface area contributed by atoms with Crippen LogP contribution in [0.4, 0.5) is 10.1 Å². The molecule has 26 heavy (non-hydrogen) atoms. The molecule has 0 aliphatic carbocycles. The lowest BCUT2D eigenvalue weighted by Crippen LogP contribution is -2.46. The van der Waals surface area contributed by atoms with Crippen LogP contribution in [0.15, 0.2) is 47.4 Å². The maximum Gasteiger partial charge on any atom is 0.242 e. The Morgan fingerprint density at radius 3 is 2.42 bits per heavy atom. The molecule has 0 saturated carbocycles. The van der Waals surface area contributed by atoms with Crippen molar-refractivity contribution in [1.82, 2.24) is 9.62 Å². The number of rotatable bonds is 5. The topological polar surface area (TPSA) is 52.7 Å². The molecule has 0 radical (unpaired) electrons. The highest BCUT2D eigenvalue weighted by atomic mass is 35.5. The molecule has 0 amide bonds. The lowest BCUT2D eigenvalue weighted by atomic mass is 10.1. The molecule has 0 unspecified atom stereocenters. The second kappa shape index (κ2) is 7.92. The Hall–Kier alpha value is -1.67. The van der Waals surface area contributed by atoms with Gasteiger partial charge in [0, 0.05) is 43.3 Å². The maximum absolute atomic E-state index is 14.0. The Labute approximate surface area is 158 Å². The first-order valence-electron chi connectivity index (χ1n) is 8.35. The molecule has 2 aromatic rings. The van der Waals surface area contributed by atoms with Crippen molar-refractivity contribution < 1.29 is 12.8 Å². The van der Waals surface area contributed by atoms with Gasteiger partial charge in [-0.1, -0.05) is 29.8 Å². The second-order valence-electron chi connectivity index (χ2n) is 6.14. The summed E-state index contributed by atoms with van der Waals surface area (Å²) in [5, 5.41) is 0.429. The molecule has 0 aromatic heterocycles. The summed E-state index contributed by atoms with van der Waals surface area (Å²) < 4.78 is 40.8. The summed E-state index contributed by atoms with van der Waals surface area (Å²) in [5.41, 5.74) is 1.19. The van der Waals surface area contributed by atoms with Crippen LogP contribution in [-0.2, 0) is 16.6 Å². The van der Waals surface area contributed by atoms with Crippen molar-refractivity contribution in [1.29, 1.82) is 0 Å². The summed E-state index contributed by atoms with van der Waals surface area (Å²) in [4.78, 5) is 4.44. The van der Waals surface area contributed by atoms with Gasteiger partial charge in [-0.2, -0.15) is 0 Å². The van der Waals surface area contributed by atoms with Gasteiger partial charge in [0.05, 0.1) is 5.69 Å². The molecular formula is C18H21ClFN3O2S. The van der Waals surface area contributed by atoms with E-state index in [0.29, 0.717) is 49.0 Å². The molecular weight excluding hydrogens is 377 g/mol. The zero-order valence-corrected chi connectivity index (χ0v) is 16.0. The number of nitrogens with zero attached hydrogens (tertiary/aromatic N) is 2. The van der Waals surface area contributed by atoms with Gasteiger partial charge in [-0.25, -0.2) is 17.5 Å². The average molecular weight is 398 g/mol. The van der Waals surface area contributed by atoms with Crippen LogP contribution >= 0.6 is 11.6 Å². The molecule has 5 nitrogen and oxygen atoms in total. The summed E-state index contributed by atoms with van der Waals surface area (Å²) in [6.45, 7) is 3.14. The van der Waals surface area contributed by atoms with Crippen molar-refractivity contribution >= 4 is 27.3 Å². The van der Waals surface area contributed by atoms with Gasteiger partial charge in [-0.3, -0.25) is 4.90 Å². The van der Waals surface area contributed by atoms with E-state index in [-0.39, 0.29) is 10.7 Å². The quantitative estimate of drug-likeness (QED) is 0.842. The second-order valence-corrected chi connectivity index (χ2v) is 8.40. The van der Waals surface area contributed by atoms with Crippen molar-refractivity contribution in [2.24, 2.45) is 0 Å². The number of anilines is 1. The Balaban J connectivity index is 1.72. The smallest absolute Gasteiger partial charge is 0.242 e. The van der Waals surface area contributed by atoms with Crippen LogP contribution in [-0.4, -0.2) is 46.5 Å². The van der Waals surface area contributed by atoms with Gasteiger partial charge in [0.15, 0.2) is 0 Å². The first-order chi connectivity index (χ1) is 12.4. The predicted octanol–water partition coefficient (Wildman–Crippen LogP) is 2.71. The molecule has 0 spiro atoms. The Bertz CT molecular complexity index is 864. The number of hydrogen-bond acceptors (Lipinski definition) is 4. The third kappa shape index (κ3) is 4.01. The van der Waals surface area contributed by atoms with Gasteiger partial charge in [0.1, 0.15) is 10.7 Å². The van der Waals surface area contributed by atoms with Crippen molar-refractivity contribution in [3.8, 4) is 0 Å². The van der Waals surface area contributed by atoms with Gasteiger partial charge in [0.2, 0.25) is 10.0 Å². The SMILES string of the molecule is CNS(=O)(=O)c1ccccc1N1CCN(Cc2c(F)cccc2Cl)CC1.